The molecule has 1 aromatic carbocycles. The van der Waals surface area contributed by atoms with Crippen LogP contribution in [0.4, 0.5) is 11.4 Å². The molecule has 0 bridgehead atoms. The van der Waals surface area contributed by atoms with Crippen molar-refractivity contribution in [3.8, 4) is 0 Å². The third kappa shape index (κ3) is 3.51. The Morgan fingerprint density at radius 2 is 2.19 bits per heavy atom. The second-order valence-electron chi connectivity index (χ2n) is 4.06. The molecule has 0 saturated heterocycles. The highest BCUT2D eigenvalue weighted by molar-refractivity contribution is 5.59. The fraction of sp³-hybridized carbons (Fsp3) is 0.455. The van der Waals surface area contributed by atoms with Crippen LogP contribution in [-0.2, 0) is 11.3 Å². The van der Waals surface area contributed by atoms with Gasteiger partial charge in [0.1, 0.15) is 5.69 Å². The molecule has 0 aliphatic rings. The number of nitrogens with zero attached hydrogens (tertiary/aromatic N) is 1. The van der Waals surface area contributed by atoms with E-state index in [1.165, 1.54) is 6.07 Å². The van der Waals surface area contributed by atoms with Crippen molar-refractivity contribution >= 4 is 11.4 Å². The first-order chi connectivity index (χ1) is 7.50. The predicted molar refractivity (Wildman–Crippen MR) is 62.0 cm³/mol. The summed E-state index contributed by atoms with van der Waals surface area (Å²) in [5.41, 5.74) is 6.52. The quantitative estimate of drug-likeness (QED) is 0.473. The van der Waals surface area contributed by atoms with E-state index in [0.29, 0.717) is 19.1 Å². The summed E-state index contributed by atoms with van der Waals surface area (Å²) in [6.07, 6.45) is 0. The highest BCUT2D eigenvalue weighted by atomic mass is 16.6. The predicted octanol–water partition coefficient (Wildman–Crippen LogP) is 2.35. The summed E-state index contributed by atoms with van der Waals surface area (Å²) in [5.74, 6) is 0.468. The lowest BCUT2D eigenvalue weighted by Crippen LogP contribution is -2.03. The minimum Gasteiger partial charge on any atom is -0.393 e. The van der Waals surface area contributed by atoms with E-state index in [1.54, 1.807) is 12.1 Å². The number of benzene rings is 1. The number of nitro groups is 1. The van der Waals surface area contributed by atoms with Crippen LogP contribution in [0.25, 0.3) is 0 Å². The molecule has 1 aromatic rings. The van der Waals surface area contributed by atoms with E-state index in [1.807, 2.05) is 0 Å². The minimum absolute atomic E-state index is 0.0624. The first kappa shape index (κ1) is 12.4. The average molecular weight is 224 g/mol. The molecule has 0 atom stereocenters. The number of rotatable bonds is 5. The summed E-state index contributed by atoms with van der Waals surface area (Å²) in [7, 11) is 0. The van der Waals surface area contributed by atoms with Crippen LogP contribution in [0, 0.1) is 16.0 Å². The Morgan fingerprint density at radius 3 is 2.69 bits per heavy atom. The van der Waals surface area contributed by atoms with Gasteiger partial charge in [0, 0.05) is 12.7 Å². The molecular formula is C11H16N2O3. The first-order valence-electron chi connectivity index (χ1n) is 5.11. The Bertz CT molecular complexity index is 377. The summed E-state index contributed by atoms with van der Waals surface area (Å²) < 4.78 is 5.41. The zero-order valence-corrected chi connectivity index (χ0v) is 9.47. The third-order valence-electron chi connectivity index (χ3n) is 2.01. The van der Waals surface area contributed by atoms with Gasteiger partial charge in [0.25, 0.3) is 5.69 Å². The molecule has 1 rings (SSSR count). The molecule has 0 radical (unpaired) electrons. The maximum atomic E-state index is 10.5. The van der Waals surface area contributed by atoms with E-state index >= 15 is 0 Å². The molecule has 0 aromatic heterocycles. The number of nitrogens with two attached hydrogens (primary N) is 1. The van der Waals surface area contributed by atoms with Gasteiger partial charge in [-0.2, -0.15) is 0 Å². The van der Waals surface area contributed by atoms with Gasteiger partial charge in [-0.05, 0) is 23.6 Å². The number of hydrogen-bond donors (Lipinski definition) is 1. The monoisotopic (exact) mass is 224 g/mol. The van der Waals surface area contributed by atoms with Crippen LogP contribution < -0.4 is 5.73 Å². The van der Waals surface area contributed by atoms with Crippen molar-refractivity contribution in [2.45, 2.75) is 20.5 Å². The minimum atomic E-state index is -0.492. The van der Waals surface area contributed by atoms with Gasteiger partial charge in [-0.3, -0.25) is 10.1 Å². The Balaban J connectivity index is 2.63. The van der Waals surface area contributed by atoms with Gasteiger partial charge in [-0.1, -0.05) is 13.8 Å². The number of hydrogen-bond acceptors (Lipinski definition) is 4. The van der Waals surface area contributed by atoms with Crippen LogP contribution in [0.1, 0.15) is 19.4 Å². The lowest BCUT2D eigenvalue weighted by Gasteiger charge is -2.07. The molecule has 0 heterocycles. The molecule has 5 heteroatoms. The van der Waals surface area contributed by atoms with Gasteiger partial charge in [-0.15, -0.1) is 0 Å². The van der Waals surface area contributed by atoms with E-state index in [2.05, 4.69) is 13.8 Å². The van der Waals surface area contributed by atoms with Crippen LogP contribution in [0.3, 0.4) is 0 Å². The van der Waals surface area contributed by atoms with E-state index in [-0.39, 0.29) is 11.4 Å². The highest BCUT2D eigenvalue weighted by Gasteiger charge is 2.10. The van der Waals surface area contributed by atoms with E-state index in [4.69, 9.17) is 10.5 Å². The largest absolute Gasteiger partial charge is 0.393 e. The van der Waals surface area contributed by atoms with Gasteiger partial charge in [0.05, 0.1) is 11.5 Å². The number of ether oxygens (including phenoxy) is 1. The fourth-order valence-corrected chi connectivity index (χ4v) is 1.27. The molecule has 0 aliphatic heterocycles. The summed E-state index contributed by atoms with van der Waals surface area (Å²) in [6.45, 7) is 5.21. The SMILES string of the molecule is CC(C)COCc1ccc([N+](=O)[O-])c(N)c1. The zero-order chi connectivity index (χ0) is 12.1. The van der Waals surface area contributed by atoms with E-state index in [0.717, 1.165) is 5.56 Å². The summed E-state index contributed by atoms with van der Waals surface area (Å²) >= 11 is 0. The van der Waals surface area contributed by atoms with Crippen molar-refractivity contribution in [3.05, 3.63) is 33.9 Å². The second kappa shape index (κ2) is 5.46. The maximum Gasteiger partial charge on any atom is 0.292 e. The van der Waals surface area contributed by atoms with Crippen LogP contribution in [-0.4, -0.2) is 11.5 Å². The fourth-order valence-electron chi connectivity index (χ4n) is 1.27. The Hall–Kier alpha value is -1.62. The van der Waals surface area contributed by atoms with Gasteiger partial charge < -0.3 is 10.5 Å². The number of nitro benzene ring substituents is 1. The normalized spacial score (nSPS) is 10.7. The van der Waals surface area contributed by atoms with Crippen molar-refractivity contribution in [3.63, 3.8) is 0 Å². The Kier molecular flexibility index (Phi) is 4.25. The van der Waals surface area contributed by atoms with Crippen molar-refractivity contribution < 1.29 is 9.66 Å². The van der Waals surface area contributed by atoms with Gasteiger partial charge in [-0.25, -0.2) is 0 Å². The average Bonchev–Trinajstić information content (AvgIpc) is 2.16. The Morgan fingerprint density at radius 1 is 1.50 bits per heavy atom. The molecule has 0 spiro atoms. The summed E-state index contributed by atoms with van der Waals surface area (Å²) in [6, 6.07) is 4.65. The summed E-state index contributed by atoms with van der Waals surface area (Å²) in [5, 5.41) is 10.5. The molecule has 88 valence electrons. The van der Waals surface area contributed by atoms with Gasteiger partial charge >= 0.3 is 0 Å². The Labute approximate surface area is 94.4 Å². The van der Waals surface area contributed by atoms with Crippen molar-refractivity contribution in [1.29, 1.82) is 0 Å². The molecule has 5 nitrogen and oxygen atoms in total. The molecule has 0 saturated carbocycles. The van der Waals surface area contributed by atoms with Crippen molar-refractivity contribution in [1.82, 2.24) is 0 Å². The molecule has 0 fully saturated rings. The molecule has 0 unspecified atom stereocenters. The lowest BCUT2D eigenvalue weighted by molar-refractivity contribution is -0.383. The van der Waals surface area contributed by atoms with Crippen LogP contribution in [0.15, 0.2) is 18.2 Å². The van der Waals surface area contributed by atoms with Crippen LogP contribution in [0.5, 0.6) is 0 Å². The van der Waals surface area contributed by atoms with E-state index in [9.17, 15) is 10.1 Å². The molecule has 2 N–H and O–H groups in total. The third-order valence-corrected chi connectivity index (χ3v) is 2.01. The number of nitrogen functional groups attached to an aromatic ring is 1. The van der Waals surface area contributed by atoms with Gasteiger partial charge in [0.2, 0.25) is 0 Å². The second-order valence-corrected chi connectivity index (χ2v) is 4.06. The highest BCUT2D eigenvalue weighted by Crippen LogP contribution is 2.22. The maximum absolute atomic E-state index is 10.5. The van der Waals surface area contributed by atoms with Crippen LogP contribution >= 0.6 is 0 Å². The molecular weight excluding hydrogens is 208 g/mol. The zero-order valence-electron chi connectivity index (χ0n) is 9.47. The van der Waals surface area contributed by atoms with Gasteiger partial charge in [0.15, 0.2) is 0 Å². The lowest BCUT2D eigenvalue weighted by atomic mass is 10.2. The number of anilines is 1. The molecule has 0 amide bonds. The van der Waals surface area contributed by atoms with Crippen molar-refractivity contribution in [2.24, 2.45) is 5.92 Å². The first-order valence-corrected chi connectivity index (χ1v) is 5.11. The topological polar surface area (TPSA) is 78.4 Å². The van der Waals surface area contributed by atoms with Crippen LogP contribution in [0.2, 0.25) is 0 Å². The standard InChI is InChI=1S/C11H16N2O3/c1-8(2)6-16-7-9-3-4-11(13(14)15)10(12)5-9/h3-5,8H,6-7,12H2,1-2H3. The molecule has 0 aliphatic carbocycles. The van der Waals surface area contributed by atoms with E-state index < -0.39 is 4.92 Å². The summed E-state index contributed by atoms with van der Waals surface area (Å²) in [4.78, 5) is 10.0. The smallest absolute Gasteiger partial charge is 0.292 e. The molecule has 16 heavy (non-hydrogen) atoms. The van der Waals surface area contributed by atoms with Crippen molar-refractivity contribution in [2.75, 3.05) is 12.3 Å².